The summed E-state index contributed by atoms with van der Waals surface area (Å²) in [7, 11) is 0. The molecule has 9 heteroatoms. The summed E-state index contributed by atoms with van der Waals surface area (Å²) < 4.78 is 0.133. The fourth-order valence-electron chi connectivity index (χ4n) is 4.98. The van der Waals surface area contributed by atoms with Crippen molar-refractivity contribution in [3.05, 3.63) is 44.4 Å². The van der Waals surface area contributed by atoms with E-state index in [1.807, 2.05) is 0 Å². The molecule has 3 fully saturated rings. The standard InChI is InChI=1S/C18H14BrN3O5/c19-13-4-8(22(26)27)3-7(16(13)23)6-20-21-17(24)14-9-1-2-10(12-5-11(9)12)15(14)18(21)25/h1-4,6,9-12,14-15,23H,5H2/t9-,10-,11-,12+,14-,15+/m0/s1. The Morgan fingerprint density at radius 2 is 1.78 bits per heavy atom. The number of carbonyl (C=O) groups excluding carboxylic acids is 2. The van der Waals surface area contributed by atoms with E-state index in [0.717, 1.165) is 23.7 Å². The summed E-state index contributed by atoms with van der Waals surface area (Å²) in [4.78, 5) is 36.1. The van der Waals surface area contributed by atoms with Crippen molar-refractivity contribution in [2.45, 2.75) is 6.42 Å². The van der Waals surface area contributed by atoms with Crippen LogP contribution in [0, 0.1) is 45.6 Å². The Hall–Kier alpha value is -2.55. The minimum atomic E-state index is -0.599. The number of allylic oxidation sites excluding steroid dienone is 2. The first-order valence-corrected chi connectivity index (χ1v) is 9.45. The van der Waals surface area contributed by atoms with Crippen molar-refractivity contribution < 1.29 is 19.6 Å². The number of benzene rings is 1. The maximum absolute atomic E-state index is 12.8. The Bertz CT molecular complexity index is 938. The molecule has 1 N–H and O–H groups in total. The van der Waals surface area contributed by atoms with Crippen LogP contribution in [0.1, 0.15) is 12.0 Å². The monoisotopic (exact) mass is 431 g/mol. The zero-order chi connectivity index (χ0) is 19.0. The molecule has 27 heavy (non-hydrogen) atoms. The molecule has 0 aromatic heterocycles. The topological polar surface area (TPSA) is 113 Å². The van der Waals surface area contributed by atoms with Gasteiger partial charge in [-0.15, -0.1) is 0 Å². The average molecular weight is 432 g/mol. The lowest BCUT2D eigenvalue weighted by molar-refractivity contribution is -0.385. The van der Waals surface area contributed by atoms with Crippen LogP contribution < -0.4 is 0 Å². The summed E-state index contributed by atoms with van der Waals surface area (Å²) >= 11 is 3.06. The number of nitro benzene ring substituents is 1. The number of phenols is 1. The van der Waals surface area contributed by atoms with E-state index in [1.54, 1.807) is 0 Å². The molecule has 2 bridgehead atoms. The number of carbonyl (C=O) groups is 2. The molecule has 4 aliphatic carbocycles. The van der Waals surface area contributed by atoms with Crippen LogP contribution in [0.5, 0.6) is 5.75 Å². The van der Waals surface area contributed by atoms with Gasteiger partial charge in [-0.05, 0) is 46.0 Å². The van der Waals surface area contributed by atoms with E-state index in [2.05, 4.69) is 33.2 Å². The van der Waals surface area contributed by atoms with Gasteiger partial charge in [0.2, 0.25) is 0 Å². The summed E-state index contributed by atoms with van der Waals surface area (Å²) in [6.45, 7) is 0. The molecule has 6 atom stereocenters. The van der Waals surface area contributed by atoms with Crippen LogP contribution in [-0.4, -0.2) is 33.1 Å². The zero-order valence-electron chi connectivity index (χ0n) is 13.9. The number of non-ortho nitro benzene ring substituents is 1. The minimum absolute atomic E-state index is 0.0514. The molecule has 1 heterocycles. The molecular formula is C18H14BrN3O5. The normalized spacial score (nSPS) is 35.7. The second-order valence-corrected chi connectivity index (χ2v) is 8.36. The van der Waals surface area contributed by atoms with Crippen LogP contribution in [-0.2, 0) is 9.59 Å². The molecule has 2 saturated carbocycles. The third kappa shape index (κ3) is 2.24. The molecule has 1 aromatic rings. The summed E-state index contributed by atoms with van der Waals surface area (Å²) in [6, 6.07) is 2.31. The molecule has 138 valence electrons. The van der Waals surface area contributed by atoms with Crippen molar-refractivity contribution in [2.75, 3.05) is 0 Å². The third-order valence-electron chi connectivity index (χ3n) is 6.24. The highest BCUT2D eigenvalue weighted by Crippen LogP contribution is 2.65. The molecule has 6 rings (SSSR count). The zero-order valence-corrected chi connectivity index (χ0v) is 15.4. The van der Waals surface area contributed by atoms with Gasteiger partial charge in [-0.2, -0.15) is 10.1 Å². The van der Waals surface area contributed by atoms with E-state index in [1.165, 1.54) is 6.07 Å². The number of hydrazone groups is 1. The molecule has 5 aliphatic rings. The van der Waals surface area contributed by atoms with Gasteiger partial charge >= 0.3 is 0 Å². The van der Waals surface area contributed by atoms with Crippen molar-refractivity contribution in [1.29, 1.82) is 0 Å². The summed E-state index contributed by atoms with van der Waals surface area (Å²) in [5.74, 6) is -0.423. The lowest BCUT2D eigenvalue weighted by Gasteiger charge is -2.37. The fraction of sp³-hybridized carbons (Fsp3) is 0.389. The fourth-order valence-corrected chi connectivity index (χ4v) is 5.45. The average Bonchev–Trinajstić information content (AvgIpc) is 3.42. The van der Waals surface area contributed by atoms with Gasteiger partial charge < -0.3 is 5.11 Å². The Labute approximate surface area is 161 Å². The SMILES string of the molecule is O=C1[C@@H]2[C@H]3C=C[C@@H]([C@@H]4C[C@H]34)[C@@H]2C(=O)N1N=Cc1cc([N+](=O)[O-])cc(Br)c1O. The van der Waals surface area contributed by atoms with E-state index in [-0.39, 0.29) is 57.0 Å². The van der Waals surface area contributed by atoms with Crippen molar-refractivity contribution >= 4 is 39.6 Å². The molecule has 0 spiro atoms. The Balaban J connectivity index is 1.47. The van der Waals surface area contributed by atoms with Gasteiger partial charge in [0.15, 0.2) is 0 Å². The Kier molecular flexibility index (Phi) is 3.37. The molecule has 1 saturated heterocycles. The number of rotatable bonds is 3. The smallest absolute Gasteiger partial charge is 0.271 e. The maximum Gasteiger partial charge on any atom is 0.271 e. The first-order chi connectivity index (χ1) is 12.9. The molecule has 1 aromatic carbocycles. The minimum Gasteiger partial charge on any atom is -0.506 e. The van der Waals surface area contributed by atoms with Gasteiger partial charge in [0, 0.05) is 17.7 Å². The van der Waals surface area contributed by atoms with Crippen LogP contribution in [0.15, 0.2) is 33.9 Å². The lowest BCUT2D eigenvalue weighted by atomic mass is 9.63. The largest absolute Gasteiger partial charge is 0.506 e. The molecule has 0 radical (unpaired) electrons. The van der Waals surface area contributed by atoms with Crippen molar-refractivity contribution in [1.82, 2.24) is 5.01 Å². The number of hydrogen-bond donors (Lipinski definition) is 1. The van der Waals surface area contributed by atoms with Crippen LogP contribution in [0.25, 0.3) is 0 Å². The van der Waals surface area contributed by atoms with E-state index in [9.17, 15) is 24.8 Å². The number of aromatic hydroxyl groups is 1. The van der Waals surface area contributed by atoms with Crippen molar-refractivity contribution in [3.63, 3.8) is 0 Å². The quantitative estimate of drug-likeness (QED) is 0.259. The molecule has 8 nitrogen and oxygen atoms in total. The second-order valence-electron chi connectivity index (χ2n) is 7.51. The van der Waals surface area contributed by atoms with Crippen LogP contribution in [0.2, 0.25) is 0 Å². The highest BCUT2D eigenvalue weighted by molar-refractivity contribution is 9.10. The number of imide groups is 1. The third-order valence-corrected chi connectivity index (χ3v) is 6.84. The predicted molar refractivity (Wildman–Crippen MR) is 96.6 cm³/mol. The molecular weight excluding hydrogens is 418 g/mol. The highest BCUT2D eigenvalue weighted by atomic mass is 79.9. The summed E-state index contributed by atoms with van der Waals surface area (Å²) in [6.07, 6.45) is 6.34. The number of phenolic OH excluding ortho intramolecular Hbond substituents is 1. The van der Waals surface area contributed by atoms with Crippen molar-refractivity contribution in [3.8, 4) is 5.75 Å². The van der Waals surface area contributed by atoms with E-state index in [4.69, 9.17) is 0 Å². The van der Waals surface area contributed by atoms with Gasteiger partial charge in [0.1, 0.15) is 5.75 Å². The van der Waals surface area contributed by atoms with Crippen LogP contribution in [0.3, 0.4) is 0 Å². The number of nitro groups is 1. The maximum atomic E-state index is 12.8. The second kappa shape index (κ2) is 5.48. The van der Waals surface area contributed by atoms with E-state index < -0.39 is 4.92 Å². The van der Waals surface area contributed by atoms with Gasteiger partial charge in [-0.3, -0.25) is 19.7 Å². The molecule has 0 unspecified atom stereocenters. The lowest BCUT2D eigenvalue weighted by Crippen LogP contribution is -2.40. The Morgan fingerprint density at radius 1 is 1.19 bits per heavy atom. The molecule has 2 amide bonds. The summed E-state index contributed by atoms with van der Waals surface area (Å²) in [5.41, 5.74) is -0.188. The van der Waals surface area contributed by atoms with Gasteiger partial charge in [0.05, 0.1) is 27.4 Å². The highest BCUT2D eigenvalue weighted by Gasteiger charge is 2.67. The van der Waals surface area contributed by atoms with Gasteiger partial charge in [0.25, 0.3) is 17.5 Å². The van der Waals surface area contributed by atoms with Gasteiger partial charge in [-0.25, -0.2) is 0 Å². The van der Waals surface area contributed by atoms with E-state index in [0.29, 0.717) is 11.8 Å². The van der Waals surface area contributed by atoms with Crippen molar-refractivity contribution in [2.24, 2.45) is 40.6 Å². The Morgan fingerprint density at radius 3 is 2.33 bits per heavy atom. The van der Waals surface area contributed by atoms with Crippen LogP contribution >= 0.6 is 15.9 Å². The predicted octanol–water partition coefficient (Wildman–Crippen LogP) is 2.45. The first-order valence-electron chi connectivity index (χ1n) is 8.65. The van der Waals surface area contributed by atoms with E-state index >= 15 is 0 Å². The number of halogens is 1. The van der Waals surface area contributed by atoms with Gasteiger partial charge in [-0.1, -0.05) is 12.2 Å². The first kappa shape index (κ1) is 16.6. The summed E-state index contributed by atoms with van der Waals surface area (Å²) in [5, 5.41) is 26.0. The van der Waals surface area contributed by atoms with Crippen LogP contribution in [0.4, 0.5) is 5.69 Å². The molecule has 1 aliphatic heterocycles. The number of hydrogen-bond acceptors (Lipinski definition) is 6. The number of nitrogens with zero attached hydrogens (tertiary/aromatic N) is 3. The number of amides is 2.